The van der Waals surface area contributed by atoms with Crippen molar-refractivity contribution < 1.29 is 14.3 Å². The van der Waals surface area contributed by atoms with Crippen molar-refractivity contribution >= 4 is 51.3 Å². The molecule has 0 spiro atoms. The number of thiophene rings is 2. The second-order valence-corrected chi connectivity index (χ2v) is 11.4. The van der Waals surface area contributed by atoms with Gasteiger partial charge in [0.25, 0.3) is 0 Å². The Morgan fingerprint density at radius 3 is 2.76 bits per heavy atom. The lowest BCUT2D eigenvalue weighted by molar-refractivity contribution is -0.113. The van der Waals surface area contributed by atoms with Crippen LogP contribution in [-0.2, 0) is 28.9 Å². The summed E-state index contributed by atoms with van der Waals surface area (Å²) >= 11 is 4.60. The highest BCUT2D eigenvalue weighted by Gasteiger charge is 2.24. The maximum atomic E-state index is 12.8. The van der Waals surface area contributed by atoms with E-state index < -0.39 is 5.97 Å². The molecule has 1 aliphatic carbocycles. The molecule has 10 heteroatoms. The Morgan fingerprint density at radius 1 is 1.21 bits per heavy atom. The van der Waals surface area contributed by atoms with Gasteiger partial charge in [-0.2, -0.15) is 0 Å². The lowest BCUT2D eigenvalue weighted by Crippen LogP contribution is -2.17. The largest absolute Gasteiger partial charge is 0.462 e. The van der Waals surface area contributed by atoms with Crippen LogP contribution in [0.1, 0.15) is 64.3 Å². The zero-order valence-corrected chi connectivity index (χ0v) is 22.5. The summed E-state index contributed by atoms with van der Waals surface area (Å²) < 4.78 is 7.32. The van der Waals surface area contributed by atoms with Gasteiger partial charge in [0, 0.05) is 27.2 Å². The number of nitrogens with one attached hydrogen (secondary N) is 1. The number of aromatic nitrogens is 3. The monoisotopic (exact) mass is 518 g/mol. The van der Waals surface area contributed by atoms with Gasteiger partial charge in [-0.25, -0.2) is 4.79 Å². The fraction of sp³-hybridized carbons (Fsp3) is 0.500. The summed E-state index contributed by atoms with van der Waals surface area (Å²) in [5.41, 5.74) is 3.91. The van der Waals surface area contributed by atoms with Crippen molar-refractivity contribution in [2.24, 2.45) is 0 Å². The van der Waals surface area contributed by atoms with Gasteiger partial charge in [0.05, 0.1) is 17.9 Å². The SMILES string of the molecule is CCCn1c(SCC(=O)Nc2sc(C)c(C)c2C(=O)OCC)nnc1-c1csc2c1CCCC2. The van der Waals surface area contributed by atoms with Crippen molar-refractivity contribution in [1.29, 1.82) is 0 Å². The number of aryl methyl sites for hydroxylation is 2. The number of anilines is 1. The predicted molar refractivity (Wildman–Crippen MR) is 139 cm³/mol. The Bertz CT molecular complexity index is 1190. The zero-order valence-electron chi connectivity index (χ0n) is 20.0. The van der Waals surface area contributed by atoms with Crippen molar-refractivity contribution in [1.82, 2.24) is 14.8 Å². The van der Waals surface area contributed by atoms with Crippen molar-refractivity contribution in [2.45, 2.75) is 71.5 Å². The van der Waals surface area contributed by atoms with Crippen LogP contribution in [0.25, 0.3) is 11.4 Å². The van der Waals surface area contributed by atoms with Gasteiger partial charge in [0.15, 0.2) is 11.0 Å². The number of amides is 1. The molecule has 3 heterocycles. The number of nitrogens with zero attached hydrogens (tertiary/aromatic N) is 3. The van der Waals surface area contributed by atoms with Crippen LogP contribution in [0.15, 0.2) is 10.5 Å². The van der Waals surface area contributed by atoms with Crippen LogP contribution in [-0.4, -0.2) is 39.0 Å². The third-order valence-corrected chi connectivity index (χ3v) is 9.09. The third-order valence-electron chi connectivity index (χ3n) is 5.92. The van der Waals surface area contributed by atoms with Crippen LogP contribution >= 0.6 is 34.4 Å². The minimum absolute atomic E-state index is 0.182. The first-order valence-electron chi connectivity index (χ1n) is 11.7. The second-order valence-electron chi connectivity index (χ2n) is 8.26. The number of ether oxygens (including phenoxy) is 1. The van der Waals surface area contributed by atoms with Crippen molar-refractivity contribution in [3.63, 3.8) is 0 Å². The molecule has 0 saturated carbocycles. The molecular formula is C24H30N4O3S3. The number of fused-ring (bicyclic) bond motifs is 1. The number of esters is 1. The van der Waals surface area contributed by atoms with E-state index in [2.05, 4.69) is 32.4 Å². The summed E-state index contributed by atoms with van der Waals surface area (Å²) in [6.07, 6.45) is 5.68. The van der Waals surface area contributed by atoms with Gasteiger partial charge >= 0.3 is 5.97 Å². The summed E-state index contributed by atoms with van der Waals surface area (Å²) in [4.78, 5) is 27.7. The first-order valence-corrected chi connectivity index (χ1v) is 14.3. The van der Waals surface area contributed by atoms with E-state index in [4.69, 9.17) is 4.74 Å². The molecule has 0 aromatic carbocycles. The van der Waals surface area contributed by atoms with E-state index >= 15 is 0 Å². The maximum Gasteiger partial charge on any atom is 0.341 e. The van der Waals surface area contributed by atoms with E-state index in [0.29, 0.717) is 17.2 Å². The lowest BCUT2D eigenvalue weighted by atomic mass is 9.95. The average molecular weight is 519 g/mol. The molecule has 1 amide bonds. The Kier molecular flexibility index (Phi) is 8.10. The number of thioether (sulfide) groups is 1. The number of carbonyl (C=O) groups excluding carboxylic acids is 2. The third kappa shape index (κ3) is 5.08. The van der Waals surface area contributed by atoms with Crippen LogP contribution in [0.5, 0.6) is 0 Å². The molecule has 0 unspecified atom stereocenters. The fourth-order valence-electron chi connectivity index (χ4n) is 4.16. The predicted octanol–water partition coefficient (Wildman–Crippen LogP) is 5.88. The van der Waals surface area contributed by atoms with Gasteiger partial charge in [-0.05, 0) is 64.0 Å². The molecule has 0 radical (unpaired) electrons. The molecule has 0 fully saturated rings. The van der Waals surface area contributed by atoms with Crippen molar-refractivity contribution in [3.05, 3.63) is 31.8 Å². The van der Waals surface area contributed by atoms with Crippen molar-refractivity contribution in [2.75, 3.05) is 17.7 Å². The number of hydrogen-bond acceptors (Lipinski definition) is 8. The Hall–Kier alpha value is -2.17. The number of carbonyl (C=O) groups is 2. The Balaban J connectivity index is 1.49. The van der Waals surface area contributed by atoms with E-state index in [0.717, 1.165) is 47.2 Å². The maximum absolute atomic E-state index is 12.8. The Morgan fingerprint density at radius 2 is 2.00 bits per heavy atom. The van der Waals surface area contributed by atoms with E-state index in [9.17, 15) is 9.59 Å². The molecule has 34 heavy (non-hydrogen) atoms. The summed E-state index contributed by atoms with van der Waals surface area (Å²) in [5, 5.41) is 15.4. The Labute approximate surface area is 212 Å². The van der Waals surface area contributed by atoms with E-state index in [1.165, 1.54) is 51.9 Å². The van der Waals surface area contributed by atoms with Crippen LogP contribution in [0.3, 0.4) is 0 Å². The normalized spacial score (nSPS) is 13.1. The second kappa shape index (κ2) is 11.0. The van der Waals surface area contributed by atoms with Gasteiger partial charge in [-0.15, -0.1) is 32.9 Å². The molecule has 0 aliphatic heterocycles. The van der Waals surface area contributed by atoms with Gasteiger partial charge in [-0.3, -0.25) is 4.79 Å². The average Bonchev–Trinajstić information content (AvgIpc) is 3.49. The minimum Gasteiger partial charge on any atom is -0.462 e. The first kappa shape index (κ1) is 24.9. The highest BCUT2D eigenvalue weighted by molar-refractivity contribution is 7.99. The molecule has 7 nitrogen and oxygen atoms in total. The van der Waals surface area contributed by atoms with Gasteiger partial charge in [-0.1, -0.05) is 18.7 Å². The standard InChI is InChI=1S/C24H30N4O3S3/c1-5-11-28-21(17-12-32-18-10-8-7-9-16(17)18)26-27-24(28)33-13-19(29)25-22-20(23(30)31-6-2)14(3)15(4)34-22/h12H,5-11,13H2,1-4H3,(H,25,29). The fourth-order valence-corrected chi connectivity index (χ4v) is 7.11. The molecule has 0 atom stereocenters. The van der Waals surface area contributed by atoms with Gasteiger partial charge < -0.3 is 14.6 Å². The molecule has 3 aromatic heterocycles. The smallest absolute Gasteiger partial charge is 0.341 e. The lowest BCUT2D eigenvalue weighted by Gasteiger charge is -2.13. The van der Waals surface area contributed by atoms with Crippen LogP contribution in [0, 0.1) is 13.8 Å². The molecule has 1 N–H and O–H groups in total. The summed E-state index contributed by atoms with van der Waals surface area (Å²) in [6.45, 7) is 8.80. The minimum atomic E-state index is -0.404. The molecule has 0 bridgehead atoms. The molecule has 0 saturated heterocycles. The molecule has 3 aromatic rings. The summed E-state index contributed by atoms with van der Waals surface area (Å²) in [7, 11) is 0. The van der Waals surface area contributed by atoms with E-state index in [1.54, 1.807) is 6.92 Å². The van der Waals surface area contributed by atoms with Gasteiger partial charge in [0.2, 0.25) is 5.91 Å². The molecule has 4 rings (SSSR count). The van der Waals surface area contributed by atoms with Crippen molar-refractivity contribution in [3.8, 4) is 11.4 Å². The van der Waals surface area contributed by atoms with Gasteiger partial charge in [0.1, 0.15) is 5.00 Å². The quantitative estimate of drug-likeness (QED) is 0.281. The molecule has 1 aliphatic rings. The van der Waals surface area contributed by atoms with E-state index in [-0.39, 0.29) is 11.7 Å². The highest BCUT2D eigenvalue weighted by Crippen LogP contribution is 2.37. The molecule has 182 valence electrons. The number of hydrogen-bond donors (Lipinski definition) is 1. The molecular weight excluding hydrogens is 488 g/mol. The zero-order chi connectivity index (χ0) is 24.2. The summed E-state index contributed by atoms with van der Waals surface area (Å²) in [5.74, 6) is 0.497. The van der Waals surface area contributed by atoms with Crippen LogP contribution < -0.4 is 5.32 Å². The highest BCUT2D eigenvalue weighted by atomic mass is 32.2. The first-order chi connectivity index (χ1) is 16.4. The van der Waals surface area contributed by atoms with Crippen LogP contribution in [0.2, 0.25) is 0 Å². The summed E-state index contributed by atoms with van der Waals surface area (Å²) in [6, 6.07) is 0. The van der Waals surface area contributed by atoms with E-state index in [1.807, 2.05) is 25.2 Å². The number of rotatable bonds is 9. The topological polar surface area (TPSA) is 86.1 Å². The van der Waals surface area contributed by atoms with Crippen LogP contribution in [0.4, 0.5) is 5.00 Å².